The maximum Gasteiger partial charge on any atom is 0.192 e. The number of halogens is 1. The molecule has 1 aliphatic carbocycles. The molecule has 0 unspecified atom stereocenters. The van der Waals surface area contributed by atoms with Crippen LogP contribution in [0.25, 0.3) is 0 Å². The smallest absolute Gasteiger partial charge is 0.192 e. The van der Waals surface area contributed by atoms with Crippen molar-refractivity contribution in [3.63, 3.8) is 0 Å². The molecule has 0 radical (unpaired) electrons. The summed E-state index contributed by atoms with van der Waals surface area (Å²) in [5, 5.41) is 0.347. The van der Waals surface area contributed by atoms with Gasteiger partial charge in [0.05, 0.1) is 23.6 Å². The van der Waals surface area contributed by atoms with Crippen LogP contribution in [0.15, 0.2) is 23.3 Å². The molecule has 0 N–H and O–H groups in total. The van der Waals surface area contributed by atoms with Crippen molar-refractivity contribution in [3.05, 3.63) is 23.3 Å². The molecule has 2 bridgehead atoms. The Kier molecular flexibility index (Phi) is 14.4. The monoisotopic (exact) mass is 738 g/mol. The highest BCUT2D eigenvalue weighted by Gasteiger charge is 2.57. The molecule has 7 heteroatoms. The third kappa shape index (κ3) is 11.9. The lowest BCUT2D eigenvalue weighted by Gasteiger charge is -2.58. The topological polar surface area (TPSA) is 27.7 Å². The van der Waals surface area contributed by atoms with Crippen molar-refractivity contribution in [2.24, 2.45) is 11.3 Å². The first-order chi connectivity index (χ1) is 20.3. The normalized spacial score (nSPS) is 26.4. The van der Waals surface area contributed by atoms with E-state index < -0.39 is 24.7 Å². The Hall–Kier alpha value is 0.0506. The van der Waals surface area contributed by atoms with Crippen molar-refractivity contribution in [1.82, 2.24) is 0 Å². The number of hydrogen-bond acceptors (Lipinski definition) is 3. The summed E-state index contributed by atoms with van der Waals surface area (Å²) >= 11 is 4.31. The summed E-state index contributed by atoms with van der Waals surface area (Å²) in [4.78, 5) is 0. The second kappa shape index (κ2) is 15.7. The largest absolute Gasteiger partial charge is 0.416 e. The van der Waals surface area contributed by atoms with Crippen molar-refractivity contribution in [3.8, 4) is 11.5 Å². The quantitative estimate of drug-likeness (QED) is 0.0619. The molecule has 0 aromatic carbocycles. The van der Waals surface area contributed by atoms with Gasteiger partial charge in [-0.05, 0) is 100 Å². The summed E-state index contributed by atoms with van der Waals surface area (Å²) in [7, 11) is -5.18. The zero-order valence-corrected chi connectivity index (χ0v) is 36.8. The van der Waals surface area contributed by atoms with Crippen LogP contribution in [0, 0.1) is 22.8 Å². The maximum absolute atomic E-state index is 7.35. The van der Waals surface area contributed by atoms with Crippen molar-refractivity contribution < 1.29 is 13.6 Å². The zero-order chi connectivity index (χ0) is 34.5. The fourth-order valence-corrected chi connectivity index (χ4v) is 10.4. The third-order valence-corrected chi connectivity index (χ3v) is 22.4. The summed E-state index contributed by atoms with van der Waals surface area (Å²) in [6.07, 6.45) is 13.7. The Morgan fingerprint density at radius 2 is 1.53 bits per heavy atom. The van der Waals surface area contributed by atoms with E-state index in [4.69, 9.17) is 13.6 Å². The van der Waals surface area contributed by atoms with Crippen molar-refractivity contribution in [2.75, 3.05) is 19.8 Å². The predicted molar refractivity (Wildman–Crippen MR) is 209 cm³/mol. The predicted octanol–water partition coefficient (Wildman–Crippen LogP) is 12.1. The van der Waals surface area contributed by atoms with E-state index in [0.717, 1.165) is 58.3 Å². The summed E-state index contributed by atoms with van der Waals surface area (Å²) < 4.78 is 20.7. The van der Waals surface area contributed by atoms with Gasteiger partial charge in [0.25, 0.3) is 0 Å². The van der Waals surface area contributed by atoms with Gasteiger partial charge in [-0.3, -0.25) is 0 Å². The number of ether oxygens (including phenoxy) is 1. The first-order valence-corrected chi connectivity index (χ1v) is 27.9. The number of rotatable bonds is 13. The first kappa shape index (κ1) is 41.2. The number of hydrogen-bond donors (Lipinski definition) is 0. The van der Waals surface area contributed by atoms with Gasteiger partial charge in [0.15, 0.2) is 16.6 Å². The first-order valence-electron chi connectivity index (χ1n) is 17.8. The molecule has 4 atom stereocenters. The molecule has 2 rings (SSSR count). The fraction of sp³-hybridized carbons (Fsp3) is 0.842. The van der Waals surface area contributed by atoms with E-state index in [-0.39, 0.29) is 25.9 Å². The van der Waals surface area contributed by atoms with Gasteiger partial charge < -0.3 is 13.6 Å². The van der Waals surface area contributed by atoms with E-state index in [1.54, 1.807) is 0 Å². The summed E-state index contributed by atoms with van der Waals surface area (Å²) in [5.41, 5.74) is 6.38. The highest BCUT2D eigenvalue weighted by atomic mass is 79.9. The third-order valence-electron chi connectivity index (χ3n) is 11.3. The SMILES string of the molecule is C/C(=C\CCC#C[Si](C)(C)C)CC/C=C(\C)[C@@H](C[C@@H]1[C@@]2(Br)CCC[C@]1(CO[Si](C)(C)C(C)(C)C)COC2)O[Si](C)(C)C(C)(C)C. The van der Waals surface area contributed by atoms with Gasteiger partial charge in [0.1, 0.15) is 8.07 Å². The number of allylic oxidation sites excluding steroid dienone is 3. The molecule has 0 aromatic rings. The van der Waals surface area contributed by atoms with E-state index in [2.05, 4.69) is 141 Å². The molecule has 2 fully saturated rings. The number of alkyl halides is 1. The van der Waals surface area contributed by atoms with Gasteiger partial charge in [-0.2, -0.15) is 0 Å². The Morgan fingerprint density at radius 3 is 2.11 bits per heavy atom. The van der Waals surface area contributed by atoms with E-state index in [0.29, 0.717) is 5.92 Å². The van der Waals surface area contributed by atoms with Gasteiger partial charge in [-0.15, -0.1) is 11.5 Å². The Balaban J connectivity index is 2.32. The van der Waals surface area contributed by atoms with Crippen molar-refractivity contribution >= 4 is 40.6 Å². The number of fused-ring (bicyclic) bond motifs is 2. The molecular formula is C38H71BrO3Si3. The lowest BCUT2D eigenvalue weighted by molar-refractivity contribution is -0.129. The molecule has 260 valence electrons. The highest BCUT2D eigenvalue weighted by Crippen LogP contribution is 2.57. The molecule has 1 saturated carbocycles. The highest BCUT2D eigenvalue weighted by molar-refractivity contribution is 9.10. The standard InChI is InChI=1S/C38H71BrO3Si3/c1-31(21-17-16-18-26-43(9,10)11)22-19-23-32(2)33(42-45(14,15)36(6,7)8)27-34-37(29-41-44(12,13)35(3,4)5)24-20-25-38(34,39)30-40-28-37/h21,23,33-34H,16-17,19-20,22,24-25,27-30H2,1-15H3/b31-21+,32-23+/t33-,34+,37-,38-/m1/s1. The lowest BCUT2D eigenvalue weighted by atomic mass is 9.59. The Morgan fingerprint density at radius 1 is 0.911 bits per heavy atom. The van der Waals surface area contributed by atoms with Crippen LogP contribution < -0.4 is 0 Å². The molecule has 2 aliphatic rings. The van der Waals surface area contributed by atoms with Gasteiger partial charge in [-0.25, -0.2) is 0 Å². The number of unbranched alkanes of at least 4 members (excludes halogenated alkanes) is 1. The minimum Gasteiger partial charge on any atom is -0.416 e. The molecule has 0 spiro atoms. The lowest BCUT2D eigenvalue weighted by Crippen LogP contribution is -2.60. The molecule has 0 aromatic heterocycles. The van der Waals surface area contributed by atoms with E-state index in [1.165, 1.54) is 24.0 Å². The van der Waals surface area contributed by atoms with Gasteiger partial charge in [-0.1, -0.05) is 101 Å². The molecule has 0 amide bonds. The van der Waals surface area contributed by atoms with Crippen LogP contribution in [-0.4, -0.2) is 55.0 Å². The van der Waals surface area contributed by atoms with Crippen LogP contribution in [0.3, 0.4) is 0 Å². The maximum atomic E-state index is 7.35. The van der Waals surface area contributed by atoms with Gasteiger partial charge in [0.2, 0.25) is 0 Å². The Bertz CT molecular complexity index is 1080. The molecule has 45 heavy (non-hydrogen) atoms. The average Bonchev–Trinajstić information content (AvgIpc) is 2.85. The van der Waals surface area contributed by atoms with E-state index in [1.807, 2.05) is 0 Å². The van der Waals surface area contributed by atoms with Gasteiger partial charge in [0, 0.05) is 18.4 Å². The van der Waals surface area contributed by atoms with Crippen molar-refractivity contribution in [2.45, 2.75) is 173 Å². The fourth-order valence-electron chi connectivity index (χ4n) is 6.17. The summed E-state index contributed by atoms with van der Waals surface area (Å²) in [6.45, 7) is 37.6. The van der Waals surface area contributed by atoms with Crippen LogP contribution in [0.4, 0.5) is 0 Å². The second-order valence-electron chi connectivity index (χ2n) is 18.6. The second-order valence-corrected chi connectivity index (χ2v) is 34.5. The van der Waals surface area contributed by atoms with Crippen LogP contribution in [-0.2, 0) is 13.6 Å². The zero-order valence-electron chi connectivity index (χ0n) is 32.2. The Labute approximate surface area is 291 Å². The molecule has 3 nitrogen and oxygen atoms in total. The summed E-state index contributed by atoms with van der Waals surface area (Å²) in [6, 6.07) is 0. The molecule has 1 saturated heterocycles. The van der Waals surface area contributed by atoms with Crippen molar-refractivity contribution in [1.29, 1.82) is 0 Å². The molecule has 1 heterocycles. The van der Waals surface area contributed by atoms with Crippen LogP contribution in [0.2, 0.25) is 55.9 Å². The molecular weight excluding hydrogens is 669 g/mol. The van der Waals surface area contributed by atoms with E-state index in [9.17, 15) is 0 Å². The van der Waals surface area contributed by atoms with Crippen LogP contribution in [0.1, 0.15) is 107 Å². The van der Waals surface area contributed by atoms with E-state index >= 15 is 0 Å². The molecule has 1 aliphatic heterocycles. The minimum absolute atomic E-state index is 0.0164. The van der Waals surface area contributed by atoms with Gasteiger partial charge >= 0.3 is 0 Å². The van der Waals surface area contributed by atoms with Crippen LogP contribution >= 0.6 is 15.9 Å². The minimum atomic E-state index is -2.01. The summed E-state index contributed by atoms with van der Waals surface area (Å²) in [5.74, 6) is 3.85. The average molecular weight is 740 g/mol. The van der Waals surface area contributed by atoms with Crippen LogP contribution in [0.5, 0.6) is 0 Å².